The topological polar surface area (TPSA) is 162 Å². The Balaban J connectivity index is 2.00. The van der Waals surface area contributed by atoms with Gasteiger partial charge in [0.1, 0.15) is 23.9 Å². The van der Waals surface area contributed by atoms with Gasteiger partial charge < -0.3 is 31.5 Å². The molecule has 0 aliphatic carbocycles. The van der Waals surface area contributed by atoms with Gasteiger partial charge in [0.05, 0.1) is 6.04 Å². The van der Waals surface area contributed by atoms with Crippen LogP contribution in [0.5, 0.6) is 5.75 Å². The van der Waals surface area contributed by atoms with E-state index in [0.717, 1.165) is 0 Å². The van der Waals surface area contributed by atoms with Crippen LogP contribution in [0.25, 0.3) is 0 Å². The van der Waals surface area contributed by atoms with Crippen molar-refractivity contribution in [2.24, 2.45) is 11.7 Å². The van der Waals surface area contributed by atoms with E-state index in [1.165, 1.54) is 17.0 Å². The van der Waals surface area contributed by atoms with Gasteiger partial charge in [-0.15, -0.1) is 0 Å². The molecule has 33 heavy (non-hydrogen) atoms. The van der Waals surface area contributed by atoms with Crippen molar-refractivity contribution in [2.45, 2.75) is 70.6 Å². The number of carboxylic acids is 1. The predicted octanol–water partition coefficient (Wildman–Crippen LogP) is 0.373. The molecule has 0 radical (unpaired) electrons. The third-order valence-electron chi connectivity index (χ3n) is 5.62. The fourth-order valence-corrected chi connectivity index (χ4v) is 3.88. The summed E-state index contributed by atoms with van der Waals surface area (Å²) in [6, 6.07) is 2.44. The zero-order chi connectivity index (χ0) is 24.7. The summed E-state index contributed by atoms with van der Waals surface area (Å²) in [5.74, 6) is -2.31. The highest BCUT2D eigenvalue weighted by Crippen LogP contribution is 2.19. The van der Waals surface area contributed by atoms with Crippen LogP contribution in [0.3, 0.4) is 0 Å². The Morgan fingerprint density at radius 1 is 1.12 bits per heavy atom. The molecule has 1 aromatic carbocycles. The van der Waals surface area contributed by atoms with E-state index >= 15 is 0 Å². The molecule has 0 spiro atoms. The summed E-state index contributed by atoms with van der Waals surface area (Å²) in [5, 5.41) is 24.1. The van der Waals surface area contributed by atoms with E-state index in [9.17, 15) is 29.4 Å². The molecule has 1 aromatic rings. The quantitative estimate of drug-likeness (QED) is 0.335. The molecule has 6 N–H and O–H groups in total. The Morgan fingerprint density at radius 3 is 2.33 bits per heavy atom. The molecule has 10 heteroatoms. The number of hydrogen-bond donors (Lipinski definition) is 5. The number of rotatable bonds is 10. The number of likely N-dealkylation sites (tertiary alicyclic amines) is 1. The van der Waals surface area contributed by atoms with E-state index in [-0.39, 0.29) is 18.1 Å². The van der Waals surface area contributed by atoms with E-state index in [1.54, 1.807) is 19.1 Å². The number of hydrogen-bond acceptors (Lipinski definition) is 6. The van der Waals surface area contributed by atoms with Crippen LogP contribution in [0.4, 0.5) is 0 Å². The van der Waals surface area contributed by atoms with Crippen molar-refractivity contribution < 1.29 is 29.4 Å². The molecule has 1 saturated heterocycles. The second-order valence-electron chi connectivity index (χ2n) is 8.93. The monoisotopic (exact) mass is 462 g/mol. The number of nitrogens with zero attached hydrogens (tertiary/aromatic N) is 1. The number of nitrogens with two attached hydrogens (primary N) is 1. The third-order valence-corrected chi connectivity index (χ3v) is 5.62. The number of nitrogens with one attached hydrogen (secondary N) is 2. The van der Waals surface area contributed by atoms with Crippen LogP contribution >= 0.6 is 0 Å². The lowest BCUT2D eigenvalue weighted by atomic mass is 10.0. The first-order valence-corrected chi connectivity index (χ1v) is 11.2. The smallest absolute Gasteiger partial charge is 0.326 e. The number of carbonyl (C=O) groups is 4. The minimum absolute atomic E-state index is 0.0300. The first-order chi connectivity index (χ1) is 15.5. The highest BCUT2D eigenvalue weighted by Gasteiger charge is 2.38. The van der Waals surface area contributed by atoms with Crippen molar-refractivity contribution in [3.63, 3.8) is 0 Å². The maximum absolute atomic E-state index is 12.9. The fraction of sp³-hybridized carbons (Fsp3) is 0.565. The van der Waals surface area contributed by atoms with Crippen LogP contribution < -0.4 is 16.4 Å². The number of carbonyl (C=O) groups excluding carboxylic acids is 3. The van der Waals surface area contributed by atoms with Crippen LogP contribution in [0.2, 0.25) is 0 Å². The van der Waals surface area contributed by atoms with Gasteiger partial charge in [0.25, 0.3) is 0 Å². The molecule has 10 nitrogen and oxygen atoms in total. The lowest BCUT2D eigenvalue weighted by molar-refractivity contribution is -0.144. The van der Waals surface area contributed by atoms with Gasteiger partial charge >= 0.3 is 5.97 Å². The fourth-order valence-electron chi connectivity index (χ4n) is 3.88. The average molecular weight is 463 g/mol. The number of aliphatic carboxylic acids is 1. The number of carboxylic acid groups (broad SMARTS) is 1. The van der Waals surface area contributed by atoms with Crippen LogP contribution in [0.15, 0.2) is 24.3 Å². The Kier molecular flexibility index (Phi) is 9.22. The van der Waals surface area contributed by atoms with Crippen molar-refractivity contribution in [2.75, 3.05) is 6.54 Å². The summed E-state index contributed by atoms with van der Waals surface area (Å²) >= 11 is 0. The molecule has 1 aliphatic heterocycles. The molecule has 3 amide bonds. The van der Waals surface area contributed by atoms with E-state index in [0.29, 0.717) is 31.4 Å². The molecule has 0 saturated carbocycles. The van der Waals surface area contributed by atoms with Crippen LogP contribution in [-0.2, 0) is 25.6 Å². The van der Waals surface area contributed by atoms with E-state index in [2.05, 4.69) is 10.6 Å². The summed E-state index contributed by atoms with van der Waals surface area (Å²) in [4.78, 5) is 51.2. The van der Waals surface area contributed by atoms with Crippen molar-refractivity contribution in [1.29, 1.82) is 0 Å². The van der Waals surface area contributed by atoms with Crippen molar-refractivity contribution in [1.82, 2.24) is 15.5 Å². The van der Waals surface area contributed by atoms with Crippen molar-refractivity contribution >= 4 is 23.7 Å². The second-order valence-corrected chi connectivity index (χ2v) is 8.93. The predicted molar refractivity (Wildman–Crippen MR) is 121 cm³/mol. The molecular formula is C23H34N4O6. The van der Waals surface area contributed by atoms with Crippen LogP contribution in [0, 0.1) is 5.92 Å². The number of benzene rings is 1. The van der Waals surface area contributed by atoms with Gasteiger partial charge in [-0.05, 0) is 49.8 Å². The largest absolute Gasteiger partial charge is 0.508 e. The second kappa shape index (κ2) is 11.6. The van der Waals surface area contributed by atoms with Gasteiger partial charge in [0.2, 0.25) is 17.7 Å². The highest BCUT2D eigenvalue weighted by molar-refractivity contribution is 5.94. The highest BCUT2D eigenvalue weighted by atomic mass is 16.4. The summed E-state index contributed by atoms with van der Waals surface area (Å²) in [5.41, 5.74) is 6.51. The molecule has 1 fully saturated rings. The van der Waals surface area contributed by atoms with Crippen molar-refractivity contribution in [3.8, 4) is 5.75 Å². The van der Waals surface area contributed by atoms with E-state index in [1.807, 2.05) is 13.8 Å². The Morgan fingerprint density at radius 2 is 1.76 bits per heavy atom. The number of aromatic hydroxyl groups is 1. The molecule has 4 unspecified atom stereocenters. The SMILES string of the molecule is CC(C)CC(N)C(=O)NC(C)C(=O)N1CCCC1C(=O)NC(Cc1ccc(O)cc1)C(=O)O. The van der Waals surface area contributed by atoms with Gasteiger partial charge in [-0.1, -0.05) is 26.0 Å². The number of phenols is 1. The molecule has 1 heterocycles. The molecule has 182 valence electrons. The van der Waals surface area contributed by atoms with Gasteiger partial charge in [-0.25, -0.2) is 4.79 Å². The minimum atomic E-state index is -1.20. The summed E-state index contributed by atoms with van der Waals surface area (Å²) in [6.07, 6.45) is 1.50. The molecule has 1 aliphatic rings. The summed E-state index contributed by atoms with van der Waals surface area (Å²) < 4.78 is 0. The zero-order valence-corrected chi connectivity index (χ0v) is 19.3. The third kappa shape index (κ3) is 7.45. The maximum atomic E-state index is 12.9. The number of amides is 3. The Labute approximate surface area is 193 Å². The van der Waals surface area contributed by atoms with Crippen molar-refractivity contribution in [3.05, 3.63) is 29.8 Å². The standard InChI is InChI=1S/C23H34N4O6/c1-13(2)11-17(24)20(29)25-14(3)22(31)27-10-4-5-19(27)21(30)26-18(23(32)33)12-15-6-8-16(28)9-7-15/h6-9,13-14,17-19,28H,4-5,10-12,24H2,1-3H3,(H,25,29)(H,26,30)(H,32,33). The normalized spacial score (nSPS) is 18.5. The van der Waals surface area contributed by atoms with E-state index < -0.39 is 47.9 Å². The van der Waals surface area contributed by atoms with Crippen LogP contribution in [0.1, 0.15) is 45.6 Å². The summed E-state index contributed by atoms with van der Waals surface area (Å²) in [6.45, 7) is 5.77. The van der Waals surface area contributed by atoms with Gasteiger partial charge in [0.15, 0.2) is 0 Å². The van der Waals surface area contributed by atoms with E-state index in [4.69, 9.17) is 5.73 Å². The average Bonchev–Trinajstić information content (AvgIpc) is 3.23. The minimum Gasteiger partial charge on any atom is -0.508 e. The maximum Gasteiger partial charge on any atom is 0.326 e. The zero-order valence-electron chi connectivity index (χ0n) is 19.3. The summed E-state index contributed by atoms with van der Waals surface area (Å²) in [7, 11) is 0. The number of phenolic OH excluding ortho intramolecular Hbond substituents is 1. The Bertz CT molecular complexity index is 857. The molecule has 4 atom stereocenters. The van der Waals surface area contributed by atoms with Gasteiger partial charge in [-0.2, -0.15) is 0 Å². The lowest BCUT2D eigenvalue weighted by Crippen LogP contribution is -2.56. The van der Waals surface area contributed by atoms with Crippen LogP contribution in [-0.4, -0.2) is 69.5 Å². The Hall–Kier alpha value is -3.14. The molecule has 0 bridgehead atoms. The molecular weight excluding hydrogens is 428 g/mol. The lowest BCUT2D eigenvalue weighted by Gasteiger charge is -2.28. The molecule has 2 rings (SSSR count). The first kappa shape index (κ1) is 26.1. The van der Waals surface area contributed by atoms with Gasteiger partial charge in [-0.3, -0.25) is 14.4 Å². The first-order valence-electron chi connectivity index (χ1n) is 11.2. The molecule has 0 aromatic heterocycles. The van der Waals surface area contributed by atoms with Gasteiger partial charge in [0, 0.05) is 13.0 Å².